The Labute approximate surface area is 117 Å². The molecule has 0 fully saturated rings. The Morgan fingerprint density at radius 1 is 1.20 bits per heavy atom. The van der Waals surface area contributed by atoms with Gasteiger partial charge in [-0.1, -0.05) is 18.2 Å². The zero-order valence-electron chi connectivity index (χ0n) is 11.4. The van der Waals surface area contributed by atoms with Gasteiger partial charge < -0.3 is 4.90 Å². The van der Waals surface area contributed by atoms with Crippen molar-refractivity contribution in [3.05, 3.63) is 59.8 Å². The van der Waals surface area contributed by atoms with E-state index in [1.165, 1.54) is 0 Å². The van der Waals surface area contributed by atoms with Crippen molar-refractivity contribution in [3.8, 4) is 0 Å². The van der Waals surface area contributed by atoms with Crippen molar-refractivity contribution < 1.29 is 4.79 Å². The third kappa shape index (κ3) is 2.16. The van der Waals surface area contributed by atoms with E-state index in [0.717, 1.165) is 22.2 Å². The number of aromatic amines is 1. The minimum absolute atomic E-state index is 0.0351. The Balaban J connectivity index is 1.94. The third-order valence-electron chi connectivity index (χ3n) is 3.38. The van der Waals surface area contributed by atoms with Crippen LogP contribution in [0.3, 0.4) is 0 Å². The molecule has 0 saturated carbocycles. The summed E-state index contributed by atoms with van der Waals surface area (Å²) in [5.74, 6) is -0.0351. The van der Waals surface area contributed by atoms with Crippen molar-refractivity contribution in [1.29, 1.82) is 0 Å². The Hall–Kier alpha value is -2.62. The second kappa shape index (κ2) is 4.81. The molecule has 0 aliphatic carbocycles. The van der Waals surface area contributed by atoms with Crippen LogP contribution in [0.15, 0.2) is 48.7 Å². The molecule has 0 saturated heterocycles. The Morgan fingerprint density at radius 2 is 2.05 bits per heavy atom. The highest BCUT2D eigenvalue weighted by molar-refractivity contribution is 6.07. The van der Waals surface area contributed by atoms with Gasteiger partial charge in [0.1, 0.15) is 0 Å². The molecule has 2 aromatic carbocycles. The molecule has 1 heterocycles. The zero-order valence-corrected chi connectivity index (χ0v) is 11.4. The van der Waals surface area contributed by atoms with Crippen molar-refractivity contribution in [3.63, 3.8) is 0 Å². The van der Waals surface area contributed by atoms with Gasteiger partial charge in [-0.3, -0.25) is 9.89 Å². The number of hydrogen-bond donors (Lipinski definition) is 1. The predicted molar refractivity (Wildman–Crippen MR) is 80.0 cm³/mol. The Kier molecular flexibility index (Phi) is 2.99. The quantitative estimate of drug-likeness (QED) is 0.773. The van der Waals surface area contributed by atoms with Crippen LogP contribution in [0.4, 0.5) is 5.69 Å². The van der Waals surface area contributed by atoms with E-state index in [-0.39, 0.29) is 5.91 Å². The summed E-state index contributed by atoms with van der Waals surface area (Å²) in [4.78, 5) is 14.2. The van der Waals surface area contributed by atoms with E-state index in [1.54, 1.807) is 18.1 Å². The number of rotatable bonds is 2. The molecule has 0 aliphatic rings. The van der Waals surface area contributed by atoms with Crippen LogP contribution in [0, 0.1) is 6.92 Å². The topological polar surface area (TPSA) is 49.0 Å². The normalized spacial score (nSPS) is 10.7. The van der Waals surface area contributed by atoms with E-state index in [9.17, 15) is 4.79 Å². The number of nitrogens with zero attached hydrogens (tertiary/aromatic N) is 2. The second-order valence-electron chi connectivity index (χ2n) is 4.88. The fourth-order valence-corrected chi connectivity index (χ4v) is 2.22. The highest BCUT2D eigenvalue weighted by Crippen LogP contribution is 2.19. The van der Waals surface area contributed by atoms with Crippen LogP contribution < -0.4 is 4.90 Å². The van der Waals surface area contributed by atoms with E-state index in [4.69, 9.17) is 0 Å². The maximum atomic E-state index is 12.5. The molecule has 1 amide bonds. The molecule has 3 rings (SSSR count). The van der Waals surface area contributed by atoms with Crippen LogP contribution in [0.25, 0.3) is 10.9 Å². The van der Waals surface area contributed by atoms with E-state index < -0.39 is 0 Å². The van der Waals surface area contributed by atoms with Gasteiger partial charge in [0.25, 0.3) is 5.91 Å². The molecule has 20 heavy (non-hydrogen) atoms. The molecular weight excluding hydrogens is 250 g/mol. The summed E-state index contributed by atoms with van der Waals surface area (Å²) in [6.07, 6.45) is 1.74. The summed E-state index contributed by atoms with van der Waals surface area (Å²) in [6, 6.07) is 13.4. The highest BCUT2D eigenvalue weighted by atomic mass is 16.2. The summed E-state index contributed by atoms with van der Waals surface area (Å²) in [7, 11) is 1.79. The van der Waals surface area contributed by atoms with Crippen molar-refractivity contribution >= 4 is 22.5 Å². The third-order valence-corrected chi connectivity index (χ3v) is 3.38. The number of hydrogen-bond acceptors (Lipinski definition) is 2. The van der Waals surface area contributed by atoms with Crippen molar-refractivity contribution in [2.24, 2.45) is 0 Å². The number of carbonyl (C=O) groups is 1. The molecule has 1 aromatic heterocycles. The molecule has 0 aliphatic heterocycles. The smallest absolute Gasteiger partial charge is 0.258 e. The first kappa shape index (κ1) is 12.4. The van der Waals surface area contributed by atoms with Crippen molar-refractivity contribution in [2.45, 2.75) is 6.92 Å². The lowest BCUT2D eigenvalue weighted by atomic mass is 10.1. The van der Waals surface area contributed by atoms with Gasteiger partial charge in [-0.05, 0) is 36.8 Å². The molecule has 0 spiro atoms. The number of amides is 1. The van der Waals surface area contributed by atoms with Gasteiger partial charge in [0.2, 0.25) is 0 Å². The van der Waals surface area contributed by atoms with Crippen molar-refractivity contribution in [2.75, 3.05) is 11.9 Å². The number of anilines is 1. The standard InChI is InChI=1S/C16H15N3O/c1-11-4-3-5-14(8-11)19(2)16(20)12-6-7-13-10-17-18-15(13)9-12/h3-10H,1-2H3,(H,17,18). The van der Waals surface area contributed by atoms with E-state index in [0.29, 0.717) is 5.56 Å². The number of aromatic nitrogens is 2. The van der Waals surface area contributed by atoms with Gasteiger partial charge in [0.15, 0.2) is 0 Å². The van der Waals surface area contributed by atoms with Gasteiger partial charge >= 0.3 is 0 Å². The molecule has 0 bridgehead atoms. The minimum atomic E-state index is -0.0351. The number of aryl methyl sites for hydroxylation is 1. The van der Waals surface area contributed by atoms with Crippen LogP contribution in [-0.4, -0.2) is 23.2 Å². The predicted octanol–water partition coefficient (Wildman–Crippen LogP) is 3.15. The van der Waals surface area contributed by atoms with E-state index in [2.05, 4.69) is 10.2 Å². The first-order valence-electron chi connectivity index (χ1n) is 6.43. The van der Waals surface area contributed by atoms with Gasteiger partial charge in [0, 0.05) is 23.7 Å². The summed E-state index contributed by atoms with van der Waals surface area (Å²) in [5, 5.41) is 7.85. The number of H-pyrrole nitrogens is 1. The van der Waals surface area contributed by atoms with E-state index >= 15 is 0 Å². The number of fused-ring (bicyclic) bond motifs is 1. The SMILES string of the molecule is Cc1cccc(N(C)C(=O)c2ccc3cn[nH]c3c2)c1. The van der Waals surface area contributed by atoms with Crippen molar-refractivity contribution in [1.82, 2.24) is 10.2 Å². The molecule has 4 heteroatoms. The summed E-state index contributed by atoms with van der Waals surface area (Å²) >= 11 is 0. The summed E-state index contributed by atoms with van der Waals surface area (Å²) < 4.78 is 0. The molecule has 0 radical (unpaired) electrons. The molecule has 0 unspecified atom stereocenters. The van der Waals surface area contributed by atoms with Crippen LogP contribution in [0.5, 0.6) is 0 Å². The molecule has 100 valence electrons. The summed E-state index contributed by atoms with van der Waals surface area (Å²) in [6.45, 7) is 2.01. The largest absolute Gasteiger partial charge is 0.311 e. The van der Waals surface area contributed by atoms with E-state index in [1.807, 2.05) is 49.4 Å². The van der Waals surface area contributed by atoms with Crippen LogP contribution in [0.2, 0.25) is 0 Å². The number of nitrogens with one attached hydrogen (secondary N) is 1. The Bertz CT molecular complexity index is 776. The Morgan fingerprint density at radius 3 is 2.85 bits per heavy atom. The maximum absolute atomic E-state index is 12.5. The second-order valence-corrected chi connectivity index (χ2v) is 4.88. The minimum Gasteiger partial charge on any atom is -0.311 e. The summed E-state index contributed by atoms with van der Waals surface area (Å²) in [5.41, 5.74) is 3.53. The van der Waals surface area contributed by atoms with Gasteiger partial charge in [0.05, 0.1) is 11.7 Å². The van der Waals surface area contributed by atoms with Crippen LogP contribution in [0.1, 0.15) is 15.9 Å². The monoisotopic (exact) mass is 265 g/mol. The zero-order chi connectivity index (χ0) is 14.1. The highest BCUT2D eigenvalue weighted by Gasteiger charge is 2.14. The van der Waals surface area contributed by atoms with Gasteiger partial charge in [-0.15, -0.1) is 0 Å². The average Bonchev–Trinajstić information content (AvgIpc) is 2.93. The first-order valence-corrected chi connectivity index (χ1v) is 6.43. The molecule has 3 aromatic rings. The molecule has 0 atom stereocenters. The lowest BCUT2D eigenvalue weighted by molar-refractivity contribution is 0.0993. The first-order chi connectivity index (χ1) is 9.65. The lowest BCUT2D eigenvalue weighted by Crippen LogP contribution is -2.26. The maximum Gasteiger partial charge on any atom is 0.258 e. The molecule has 1 N–H and O–H groups in total. The number of carbonyl (C=O) groups excluding carboxylic acids is 1. The fourth-order valence-electron chi connectivity index (χ4n) is 2.22. The van der Waals surface area contributed by atoms with Gasteiger partial charge in [-0.25, -0.2) is 0 Å². The lowest BCUT2D eigenvalue weighted by Gasteiger charge is -2.18. The fraction of sp³-hybridized carbons (Fsp3) is 0.125. The molecular formula is C16H15N3O. The van der Waals surface area contributed by atoms with Gasteiger partial charge in [-0.2, -0.15) is 5.10 Å². The number of benzene rings is 2. The average molecular weight is 265 g/mol. The van der Waals surface area contributed by atoms with Crippen LogP contribution in [-0.2, 0) is 0 Å². The van der Waals surface area contributed by atoms with Crippen LogP contribution >= 0.6 is 0 Å². The molecule has 4 nitrogen and oxygen atoms in total.